The Hall–Kier alpha value is -0.515. The molecule has 0 aliphatic heterocycles. The molecule has 0 aromatic carbocycles. The van der Waals surface area contributed by atoms with E-state index in [0.29, 0.717) is 10.2 Å². The van der Waals surface area contributed by atoms with Gasteiger partial charge in [-0.3, -0.25) is 4.98 Å². The van der Waals surface area contributed by atoms with Crippen molar-refractivity contribution in [2.75, 3.05) is 0 Å². The fraction of sp³-hybridized carbons (Fsp3) is 0.167. The number of pyridine rings is 1. The molecule has 6 heteroatoms. The van der Waals surface area contributed by atoms with Crippen molar-refractivity contribution in [3.63, 3.8) is 0 Å². The van der Waals surface area contributed by atoms with Crippen LogP contribution in [0.15, 0.2) is 16.9 Å². The molecule has 0 N–H and O–H groups in total. The summed E-state index contributed by atoms with van der Waals surface area (Å²) in [7, 11) is 0. The number of aryl methyl sites for hydroxylation is 1. The van der Waals surface area contributed by atoms with Crippen molar-refractivity contribution < 1.29 is 12.9 Å². The van der Waals surface area contributed by atoms with Gasteiger partial charge < -0.3 is 12.9 Å². The number of halogens is 4. The first-order valence-electron chi connectivity index (χ1n) is 3.23. The van der Waals surface area contributed by atoms with Gasteiger partial charge in [-0.1, -0.05) is 11.5 Å². The minimum Gasteiger partial charge on any atom is -0.445 e. The molecule has 1 aromatic heterocycles. The molecule has 0 unspecified atom stereocenters. The molecular formula is C6H5BBrF3N-. The first-order chi connectivity index (χ1) is 5.41. The van der Waals surface area contributed by atoms with Gasteiger partial charge in [0.2, 0.25) is 0 Å². The van der Waals surface area contributed by atoms with E-state index in [2.05, 4.69) is 20.9 Å². The number of nitrogens with zero attached hydrogens (tertiary/aromatic N) is 1. The van der Waals surface area contributed by atoms with Crippen molar-refractivity contribution in [3.8, 4) is 0 Å². The summed E-state index contributed by atoms with van der Waals surface area (Å²) in [5.74, 6) is 0. The maximum atomic E-state index is 12.1. The molecule has 0 amide bonds. The largest absolute Gasteiger partial charge is 0.511 e. The Morgan fingerprint density at radius 1 is 1.42 bits per heavy atom. The second-order valence-electron chi connectivity index (χ2n) is 2.45. The number of hydrogen-bond acceptors (Lipinski definition) is 1. The van der Waals surface area contributed by atoms with Gasteiger partial charge in [0.05, 0.1) is 0 Å². The highest BCUT2D eigenvalue weighted by Gasteiger charge is 2.26. The second-order valence-corrected chi connectivity index (χ2v) is 3.20. The topological polar surface area (TPSA) is 12.9 Å². The minimum atomic E-state index is -4.92. The van der Waals surface area contributed by atoms with Crippen LogP contribution in [0.25, 0.3) is 0 Å². The third kappa shape index (κ3) is 2.00. The van der Waals surface area contributed by atoms with Crippen LogP contribution in [0.4, 0.5) is 12.9 Å². The molecule has 0 atom stereocenters. The first kappa shape index (κ1) is 9.57. The van der Waals surface area contributed by atoms with Gasteiger partial charge in [0.25, 0.3) is 0 Å². The number of rotatable bonds is 1. The van der Waals surface area contributed by atoms with Gasteiger partial charge in [-0.2, -0.15) is 0 Å². The van der Waals surface area contributed by atoms with Gasteiger partial charge in [-0.05, 0) is 28.4 Å². The van der Waals surface area contributed by atoms with Crippen molar-refractivity contribution in [2.24, 2.45) is 0 Å². The molecule has 1 nitrogen and oxygen atoms in total. The molecule has 12 heavy (non-hydrogen) atoms. The molecule has 0 aliphatic rings. The van der Waals surface area contributed by atoms with Crippen molar-refractivity contribution in [3.05, 3.63) is 22.4 Å². The van der Waals surface area contributed by atoms with Gasteiger partial charge in [-0.25, -0.2) is 0 Å². The summed E-state index contributed by atoms with van der Waals surface area (Å²) in [5, 5.41) is 0. The van der Waals surface area contributed by atoms with Crippen LogP contribution in [0.2, 0.25) is 0 Å². The lowest BCUT2D eigenvalue weighted by atomic mass is 9.81. The quantitative estimate of drug-likeness (QED) is 0.540. The van der Waals surface area contributed by atoms with Gasteiger partial charge in [0, 0.05) is 6.20 Å². The third-order valence-electron chi connectivity index (χ3n) is 1.41. The lowest BCUT2D eigenvalue weighted by Crippen LogP contribution is -2.34. The Balaban J connectivity index is 3.14. The SMILES string of the molecule is Cc1cc([B-](F)(F)F)cnc1Br. The van der Waals surface area contributed by atoms with Crippen molar-refractivity contribution in [1.29, 1.82) is 0 Å². The van der Waals surface area contributed by atoms with Crippen LogP contribution in [-0.4, -0.2) is 12.0 Å². The summed E-state index contributed by atoms with van der Waals surface area (Å²) in [4.78, 5) is 3.56. The van der Waals surface area contributed by atoms with Crippen LogP contribution < -0.4 is 5.46 Å². The molecule has 66 valence electrons. The lowest BCUT2D eigenvalue weighted by Gasteiger charge is -2.14. The van der Waals surface area contributed by atoms with Gasteiger partial charge in [0.1, 0.15) is 4.60 Å². The number of aromatic nitrogens is 1. The van der Waals surface area contributed by atoms with Crippen molar-refractivity contribution in [1.82, 2.24) is 4.98 Å². The normalized spacial score (nSPS) is 11.8. The van der Waals surface area contributed by atoms with E-state index in [-0.39, 0.29) is 0 Å². The average Bonchev–Trinajstić information content (AvgIpc) is 1.92. The van der Waals surface area contributed by atoms with E-state index in [0.717, 1.165) is 12.3 Å². The molecule has 1 heterocycles. The summed E-state index contributed by atoms with van der Waals surface area (Å²) < 4.78 is 36.8. The van der Waals surface area contributed by atoms with Crippen LogP contribution >= 0.6 is 15.9 Å². The average molecular weight is 239 g/mol. The van der Waals surface area contributed by atoms with E-state index in [1.54, 1.807) is 6.92 Å². The summed E-state index contributed by atoms with van der Waals surface area (Å²) in [6.07, 6.45) is 0.830. The van der Waals surface area contributed by atoms with Crippen molar-refractivity contribution >= 4 is 28.4 Å². The monoisotopic (exact) mass is 238 g/mol. The first-order valence-corrected chi connectivity index (χ1v) is 4.02. The summed E-state index contributed by atoms with van der Waals surface area (Å²) in [5.41, 5.74) is -0.164. The zero-order chi connectivity index (χ0) is 9.35. The van der Waals surface area contributed by atoms with Gasteiger partial charge >= 0.3 is 6.98 Å². The van der Waals surface area contributed by atoms with E-state index >= 15 is 0 Å². The zero-order valence-corrected chi connectivity index (χ0v) is 7.78. The van der Waals surface area contributed by atoms with E-state index in [1.807, 2.05) is 0 Å². The smallest absolute Gasteiger partial charge is 0.445 e. The van der Waals surface area contributed by atoms with E-state index in [4.69, 9.17) is 0 Å². The van der Waals surface area contributed by atoms with E-state index < -0.39 is 12.4 Å². The lowest BCUT2D eigenvalue weighted by molar-refractivity contribution is 0.500. The molecule has 0 bridgehead atoms. The third-order valence-corrected chi connectivity index (χ3v) is 2.24. The van der Waals surface area contributed by atoms with Crippen LogP contribution in [0.1, 0.15) is 5.56 Å². The Bertz CT molecular complexity index is 299. The highest BCUT2D eigenvalue weighted by atomic mass is 79.9. The molecule has 0 saturated carbocycles. The molecule has 0 aliphatic carbocycles. The van der Waals surface area contributed by atoms with Gasteiger partial charge in [0.15, 0.2) is 0 Å². The Labute approximate surface area is 76.2 Å². The van der Waals surface area contributed by atoms with Crippen molar-refractivity contribution in [2.45, 2.75) is 6.92 Å². The Morgan fingerprint density at radius 2 is 2.00 bits per heavy atom. The van der Waals surface area contributed by atoms with Crippen LogP contribution in [-0.2, 0) is 0 Å². The molecule has 1 aromatic rings. The van der Waals surface area contributed by atoms with Crippen LogP contribution in [0.3, 0.4) is 0 Å². The zero-order valence-electron chi connectivity index (χ0n) is 6.19. The summed E-state index contributed by atoms with van der Waals surface area (Å²) in [6, 6.07) is 1.08. The summed E-state index contributed by atoms with van der Waals surface area (Å²) >= 11 is 3.02. The predicted octanol–water partition coefficient (Wildman–Crippen LogP) is 2.21. The molecular weight excluding hydrogens is 234 g/mol. The molecule has 0 spiro atoms. The summed E-state index contributed by atoms with van der Waals surface area (Å²) in [6.45, 7) is -3.35. The van der Waals surface area contributed by atoms with E-state index in [9.17, 15) is 12.9 Å². The fourth-order valence-corrected chi connectivity index (χ4v) is 0.976. The molecule has 0 saturated heterocycles. The molecule has 1 rings (SSSR count). The highest BCUT2D eigenvalue weighted by Crippen LogP contribution is 2.14. The standard InChI is InChI=1S/C6H5BBrF3N/c1-4-2-5(7(9,10)11)3-12-6(4)8/h2-3H,1H3/q-1. The highest BCUT2D eigenvalue weighted by molar-refractivity contribution is 9.10. The van der Waals surface area contributed by atoms with Crippen LogP contribution in [0, 0.1) is 6.92 Å². The van der Waals surface area contributed by atoms with Crippen LogP contribution in [0.5, 0.6) is 0 Å². The maximum Gasteiger partial charge on any atom is 0.511 e. The van der Waals surface area contributed by atoms with Gasteiger partial charge in [-0.15, -0.1) is 0 Å². The molecule has 0 radical (unpaired) electrons. The Morgan fingerprint density at radius 3 is 2.42 bits per heavy atom. The fourth-order valence-electron chi connectivity index (χ4n) is 0.759. The number of hydrogen-bond donors (Lipinski definition) is 0. The van der Waals surface area contributed by atoms with E-state index in [1.165, 1.54) is 0 Å². The molecule has 0 fully saturated rings. The second kappa shape index (κ2) is 3.09. The minimum absolute atomic E-state index is 0.450. The predicted molar refractivity (Wildman–Crippen MR) is 45.4 cm³/mol. The maximum absolute atomic E-state index is 12.1. The Kier molecular flexibility index (Phi) is 2.46.